The van der Waals surface area contributed by atoms with Gasteiger partial charge in [-0.25, -0.2) is 4.79 Å². The highest BCUT2D eigenvalue weighted by Gasteiger charge is 2.05. The molecule has 2 rings (SSSR count). The van der Waals surface area contributed by atoms with Crippen LogP contribution in [0.5, 0.6) is 5.75 Å². The molecule has 0 radical (unpaired) electrons. The summed E-state index contributed by atoms with van der Waals surface area (Å²) in [5.74, 6) is 0.725. The van der Waals surface area contributed by atoms with Gasteiger partial charge >= 0.3 is 6.09 Å². The van der Waals surface area contributed by atoms with Crippen molar-refractivity contribution in [2.75, 3.05) is 20.8 Å². The normalized spacial score (nSPS) is 10.3. The van der Waals surface area contributed by atoms with Gasteiger partial charge in [-0.15, -0.1) is 0 Å². The molecule has 106 valence electrons. The number of nitrogens with one attached hydrogen (secondary N) is 2. The third-order valence-electron chi connectivity index (χ3n) is 2.98. The fourth-order valence-corrected chi connectivity index (χ4v) is 1.91. The number of methoxy groups -OCH3 is 2. The molecule has 6 nitrogen and oxygen atoms in total. The largest absolute Gasteiger partial charge is 0.497 e. The van der Waals surface area contributed by atoms with Crippen molar-refractivity contribution in [3.05, 3.63) is 40.2 Å². The minimum absolute atomic E-state index is 0.158. The van der Waals surface area contributed by atoms with Crippen LogP contribution in [0.1, 0.15) is 5.56 Å². The maximum absolute atomic E-state index is 11.9. The van der Waals surface area contributed by atoms with E-state index in [0.29, 0.717) is 18.5 Å². The highest BCUT2D eigenvalue weighted by atomic mass is 16.5. The summed E-state index contributed by atoms with van der Waals surface area (Å²) in [4.78, 5) is 25.7. The standard InChI is InChI=1S/C14H16N2O4/c1-19-11-3-4-12-10(8-11)7-9(13(17)16-12)5-6-15-14(18)20-2/h3-4,7-8H,5-6H2,1-2H3,(H,15,18)(H,16,17). The van der Waals surface area contributed by atoms with Crippen LogP contribution >= 0.6 is 0 Å². The van der Waals surface area contributed by atoms with E-state index in [4.69, 9.17) is 4.74 Å². The molecule has 0 aliphatic carbocycles. The third-order valence-corrected chi connectivity index (χ3v) is 2.98. The molecular formula is C14H16N2O4. The molecular weight excluding hydrogens is 260 g/mol. The molecule has 0 bridgehead atoms. The summed E-state index contributed by atoms with van der Waals surface area (Å²) < 4.78 is 9.62. The lowest BCUT2D eigenvalue weighted by Gasteiger charge is -2.06. The second kappa shape index (κ2) is 6.10. The van der Waals surface area contributed by atoms with Crippen LogP contribution in [0, 0.1) is 0 Å². The first-order valence-corrected chi connectivity index (χ1v) is 6.16. The molecule has 2 aromatic rings. The van der Waals surface area contributed by atoms with Crippen LogP contribution in [0.25, 0.3) is 10.9 Å². The Morgan fingerprint density at radius 1 is 1.30 bits per heavy atom. The van der Waals surface area contributed by atoms with Crippen molar-refractivity contribution in [3.63, 3.8) is 0 Å². The van der Waals surface area contributed by atoms with Gasteiger partial charge in [0.05, 0.1) is 14.2 Å². The fraction of sp³-hybridized carbons (Fsp3) is 0.286. The van der Waals surface area contributed by atoms with Crippen LogP contribution in [0.2, 0.25) is 0 Å². The smallest absolute Gasteiger partial charge is 0.406 e. The van der Waals surface area contributed by atoms with Crippen molar-refractivity contribution in [1.29, 1.82) is 0 Å². The number of pyridine rings is 1. The lowest BCUT2D eigenvalue weighted by molar-refractivity contribution is 0.171. The van der Waals surface area contributed by atoms with Crippen molar-refractivity contribution in [2.24, 2.45) is 0 Å². The molecule has 0 unspecified atom stereocenters. The maximum Gasteiger partial charge on any atom is 0.406 e. The Labute approximate surface area is 115 Å². The lowest BCUT2D eigenvalue weighted by atomic mass is 10.1. The Morgan fingerprint density at radius 3 is 2.80 bits per heavy atom. The number of rotatable bonds is 4. The van der Waals surface area contributed by atoms with Crippen LogP contribution in [0.15, 0.2) is 29.1 Å². The van der Waals surface area contributed by atoms with E-state index < -0.39 is 6.09 Å². The average Bonchev–Trinajstić information content (AvgIpc) is 2.47. The van der Waals surface area contributed by atoms with Gasteiger partial charge in [-0.3, -0.25) is 4.79 Å². The zero-order chi connectivity index (χ0) is 14.5. The van der Waals surface area contributed by atoms with Gasteiger partial charge in [0.2, 0.25) is 0 Å². The molecule has 1 aromatic carbocycles. The summed E-state index contributed by atoms with van der Waals surface area (Å²) in [6.07, 6.45) is -0.0821. The van der Waals surface area contributed by atoms with Gasteiger partial charge in [-0.05, 0) is 30.7 Å². The number of alkyl carbamates (subject to hydrolysis) is 1. The number of aromatic nitrogens is 1. The number of aromatic amines is 1. The predicted octanol–water partition coefficient (Wildman–Crippen LogP) is 1.44. The first-order chi connectivity index (χ1) is 9.63. The first-order valence-electron chi connectivity index (χ1n) is 6.16. The minimum atomic E-state index is -0.510. The van der Waals surface area contributed by atoms with Crippen molar-refractivity contribution in [1.82, 2.24) is 10.3 Å². The Bertz CT molecular complexity index is 678. The van der Waals surface area contributed by atoms with E-state index in [9.17, 15) is 9.59 Å². The zero-order valence-electron chi connectivity index (χ0n) is 11.4. The van der Waals surface area contributed by atoms with Crippen LogP contribution in [0.4, 0.5) is 4.79 Å². The quantitative estimate of drug-likeness (QED) is 0.885. The van der Waals surface area contributed by atoms with Crippen molar-refractivity contribution in [2.45, 2.75) is 6.42 Å². The molecule has 0 atom stereocenters. The van der Waals surface area contributed by atoms with Gasteiger partial charge in [0.1, 0.15) is 5.75 Å². The van der Waals surface area contributed by atoms with Gasteiger partial charge in [-0.1, -0.05) is 0 Å². The zero-order valence-corrected chi connectivity index (χ0v) is 11.4. The van der Waals surface area contributed by atoms with Crippen LogP contribution in [-0.4, -0.2) is 31.8 Å². The van der Waals surface area contributed by atoms with Crippen LogP contribution in [-0.2, 0) is 11.2 Å². The highest BCUT2D eigenvalue weighted by molar-refractivity contribution is 5.80. The monoisotopic (exact) mass is 276 g/mol. The van der Waals surface area contributed by atoms with Crippen molar-refractivity contribution in [3.8, 4) is 5.75 Å². The molecule has 6 heteroatoms. The van der Waals surface area contributed by atoms with E-state index in [1.807, 2.05) is 6.07 Å². The summed E-state index contributed by atoms with van der Waals surface area (Å²) in [5.41, 5.74) is 1.19. The summed E-state index contributed by atoms with van der Waals surface area (Å²) >= 11 is 0. The molecule has 0 saturated heterocycles. The molecule has 1 heterocycles. The second-order valence-electron chi connectivity index (χ2n) is 4.25. The number of carbonyl (C=O) groups excluding carboxylic acids is 1. The fourth-order valence-electron chi connectivity index (χ4n) is 1.91. The molecule has 20 heavy (non-hydrogen) atoms. The molecule has 2 N–H and O–H groups in total. The molecule has 1 amide bonds. The summed E-state index contributed by atoms with van der Waals surface area (Å²) in [5, 5.41) is 3.43. The van der Waals surface area contributed by atoms with E-state index >= 15 is 0 Å². The third kappa shape index (κ3) is 3.09. The molecule has 0 saturated carbocycles. The van der Waals surface area contributed by atoms with E-state index in [1.165, 1.54) is 7.11 Å². The predicted molar refractivity (Wildman–Crippen MR) is 75.2 cm³/mol. The Kier molecular flexibility index (Phi) is 4.24. The van der Waals surface area contributed by atoms with Gasteiger partial charge in [-0.2, -0.15) is 0 Å². The number of H-pyrrole nitrogens is 1. The maximum atomic E-state index is 11.9. The number of fused-ring (bicyclic) bond motifs is 1. The van der Waals surface area contributed by atoms with E-state index in [1.54, 1.807) is 25.3 Å². The number of hydrogen-bond acceptors (Lipinski definition) is 4. The lowest BCUT2D eigenvalue weighted by Crippen LogP contribution is -2.27. The van der Waals surface area contributed by atoms with Crippen molar-refractivity contribution >= 4 is 17.0 Å². The van der Waals surface area contributed by atoms with Gasteiger partial charge in [0, 0.05) is 23.0 Å². The number of ether oxygens (including phenoxy) is 2. The van der Waals surface area contributed by atoms with Crippen LogP contribution in [0.3, 0.4) is 0 Å². The molecule has 0 fully saturated rings. The number of hydrogen-bond donors (Lipinski definition) is 2. The summed E-state index contributed by atoms with van der Waals surface area (Å²) in [6.45, 7) is 0.339. The highest BCUT2D eigenvalue weighted by Crippen LogP contribution is 2.18. The van der Waals surface area contributed by atoms with E-state index in [0.717, 1.165) is 16.7 Å². The van der Waals surface area contributed by atoms with Gasteiger partial charge in [0.15, 0.2) is 0 Å². The van der Waals surface area contributed by atoms with Crippen molar-refractivity contribution < 1.29 is 14.3 Å². The van der Waals surface area contributed by atoms with E-state index in [-0.39, 0.29) is 5.56 Å². The molecule has 0 spiro atoms. The Hall–Kier alpha value is -2.50. The Morgan fingerprint density at radius 2 is 2.10 bits per heavy atom. The minimum Gasteiger partial charge on any atom is -0.497 e. The molecule has 1 aromatic heterocycles. The van der Waals surface area contributed by atoms with Gasteiger partial charge < -0.3 is 19.8 Å². The SMILES string of the molecule is COC(=O)NCCc1cc2cc(OC)ccc2[nH]c1=O. The summed E-state index contributed by atoms with van der Waals surface area (Å²) in [7, 11) is 2.89. The summed E-state index contributed by atoms with van der Waals surface area (Å²) in [6, 6.07) is 7.24. The second-order valence-corrected chi connectivity index (χ2v) is 4.25. The average molecular weight is 276 g/mol. The topological polar surface area (TPSA) is 80.4 Å². The van der Waals surface area contributed by atoms with E-state index in [2.05, 4.69) is 15.0 Å². The molecule has 0 aliphatic rings. The van der Waals surface area contributed by atoms with Crippen LogP contribution < -0.4 is 15.6 Å². The number of amides is 1. The first kappa shape index (κ1) is 13.9. The number of benzene rings is 1. The molecule has 0 aliphatic heterocycles. The van der Waals surface area contributed by atoms with Gasteiger partial charge in [0.25, 0.3) is 5.56 Å². The number of carbonyl (C=O) groups is 1. The Balaban J connectivity index is 2.22.